The first-order chi connectivity index (χ1) is 9.28. The molecule has 0 bridgehead atoms. The van der Waals surface area contributed by atoms with Gasteiger partial charge in [0.2, 0.25) is 0 Å². The van der Waals surface area contributed by atoms with E-state index in [9.17, 15) is 9.59 Å². The van der Waals surface area contributed by atoms with Crippen molar-refractivity contribution in [3.8, 4) is 0 Å². The number of rotatable bonds is 2. The third-order valence-electron chi connectivity index (χ3n) is 2.73. The Morgan fingerprint density at radius 2 is 1.90 bits per heavy atom. The van der Waals surface area contributed by atoms with Gasteiger partial charge in [-0.1, -0.05) is 18.2 Å². The largest absolute Gasteiger partial charge is 0.481 e. The van der Waals surface area contributed by atoms with Crippen LogP contribution in [0.2, 0.25) is 0 Å². The summed E-state index contributed by atoms with van der Waals surface area (Å²) < 4.78 is 6.69. The van der Waals surface area contributed by atoms with Crippen LogP contribution in [-0.2, 0) is 16.0 Å². The van der Waals surface area contributed by atoms with Gasteiger partial charge in [-0.15, -0.1) is 0 Å². The number of fused-ring (bicyclic) bond motifs is 1. The van der Waals surface area contributed by atoms with Crippen molar-refractivity contribution in [2.75, 3.05) is 0 Å². The number of carboxylic acids is 1. The van der Waals surface area contributed by atoms with Gasteiger partial charge >= 0.3 is 12.1 Å². The highest BCUT2D eigenvalue weighted by molar-refractivity contribution is 5.93. The molecule has 0 spiro atoms. The summed E-state index contributed by atoms with van der Waals surface area (Å²) in [6.07, 6.45) is 0.897. The van der Waals surface area contributed by atoms with Gasteiger partial charge in [0.25, 0.3) is 0 Å². The van der Waals surface area contributed by atoms with E-state index in [1.165, 1.54) is 10.8 Å². The third-order valence-corrected chi connectivity index (χ3v) is 2.73. The minimum atomic E-state index is -0.933. The summed E-state index contributed by atoms with van der Waals surface area (Å²) in [6.45, 7) is 5.36. The highest BCUT2D eigenvalue weighted by Crippen LogP contribution is 2.23. The van der Waals surface area contributed by atoms with Crippen molar-refractivity contribution in [3.05, 3.63) is 36.0 Å². The summed E-state index contributed by atoms with van der Waals surface area (Å²) >= 11 is 0. The molecule has 0 amide bonds. The molecule has 20 heavy (non-hydrogen) atoms. The van der Waals surface area contributed by atoms with Crippen LogP contribution in [0.1, 0.15) is 26.3 Å². The molecule has 0 aliphatic heterocycles. The smallest absolute Gasteiger partial charge is 0.419 e. The first-order valence-corrected chi connectivity index (χ1v) is 6.32. The lowest BCUT2D eigenvalue weighted by atomic mass is 10.1. The van der Waals surface area contributed by atoms with Crippen LogP contribution in [-0.4, -0.2) is 27.3 Å². The van der Waals surface area contributed by atoms with Crippen LogP contribution in [0.5, 0.6) is 0 Å². The Morgan fingerprint density at radius 1 is 1.25 bits per heavy atom. The zero-order valence-corrected chi connectivity index (χ0v) is 11.7. The molecule has 0 radical (unpaired) electrons. The second-order valence-electron chi connectivity index (χ2n) is 5.59. The maximum Gasteiger partial charge on any atom is 0.419 e. The molecule has 5 nitrogen and oxygen atoms in total. The summed E-state index contributed by atoms with van der Waals surface area (Å²) in [5, 5.41) is 9.69. The van der Waals surface area contributed by atoms with E-state index in [1.54, 1.807) is 39.0 Å². The monoisotopic (exact) mass is 275 g/mol. The van der Waals surface area contributed by atoms with Crippen molar-refractivity contribution >= 4 is 23.0 Å². The molecule has 1 aromatic heterocycles. The number of nitrogens with zero attached hydrogens (tertiary/aromatic N) is 1. The Balaban J connectivity index is 2.48. The van der Waals surface area contributed by atoms with Crippen LogP contribution >= 0.6 is 0 Å². The lowest BCUT2D eigenvalue weighted by molar-refractivity contribution is -0.136. The van der Waals surface area contributed by atoms with E-state index in [0.29, 0.717) is 11.1 Å². The second-order valence-corrected chi connectivity index (χ2v) is 5.59. The lowest BCUT2D eigenvalue weighted by Gasteiger charge is -2.19. The number of aliphatic carboxylic acids is 1. The first kappa shape index (κ1) is 14.1. The van der Waals surface area contributed by atoms with Gasteiger partial charge in [0, 0.05) is 11.6 Å². The average Bonchev–Trinajstić information content (AvgIpc) is 2.66. The topological polar surface area (TPSA) is 68.5 Å². The van der Waals surface area contributed by atoms with Crippen molar-refractivity contribution in [1.29, 1.82) is 0 Å². The van der Waals surface area contributed by atoms with Gasteiger partial charge in [0.15, 0.2) is 0 Å². The van der Waals surface area contributed by atoms with Crippen molar-refractivity contribution in [2.45, 2.75) is 32.8 Å². The van der Waals surface area contributed by atoms with Crippen molar-refractivity contribution in [3.63, 3.8) is 0 Å². The zero-order chi connectivity index (χ0) is 14.9. The Hall–Kier alpha value is -2.30. The molecule has 1 heterocycles. The number of carboxylic acid groups (broad SMARTS) is 1. The quantitative estimate of drug-likeness (QED) is 0.914. The molecule has 1 aromatic carbocycles. The van der Waals surface area contributed by atoms with Gasteiger partial charge in [-0.25, -0.2) is 4.79 Å². The fourth-order valence-electron chi connectivity index (χ4n) is 2.02. The molecular formula is C15H17NO4. The molecule has 0 aliphatic carbocycles. The summed E-state index contributed by atoms with van der Waals surface area (Å²) in [5.74, 6) is -0.933. The Labute approximate surface area is 116 Å². The van der Waals surface area contributed by atoms with Crippen LogP contribution in [0.4, 0.5) is 4.79 Å². The van der Waals surface area contributed by atoms with E-state index in [2.05, 4.69) is 0 Å². The number of carbonyl (C=O) groups is 2. The molecule has 0 fully saturated rings. The van der Waals surface area contributed by atoms with E-state index >= 15 is 0 Å². The number of aromatic nitrogens is 1. The predicted molar refractivity (Wildman–Crippen MR) is 74.9 cm³/mol. The minimum absolute atomic E-state index is 0.129. The Morgan fingerprint density at radius 3 is 2.50 bits per heavy atom. The molecule has 0 saturated heterocycles. The van der Waals surface area contributed by atoms with E-state index in [0.717, 1.165) is 5.39 Å². The van der Waals surface area contributed by atoms with Gasteiger partial charge < -0.3 is 9.84 Å². The molecule has 0 aliphatic rings. The predicted octanol–water partition coefficient (Wildman–Crippen LogP) is 3.05. The average molecular weight is 275 g/mol. The number of ether oxygens (including phenoxy) is 1. The molecule has 0 unspecified atom stereocenters. The lowest BCUT2D eigenvalue weighted by Crippen LogP contribution is -2.26. The highest BCUT2D eigenvalue weighted by Gasteiger charge is 2.21. The van der Waals surface area contributed by atoms with Gasteiger partial charge in [0.1, 0.15) is 5.60 Å². The Bertz CT molecular complexity index is 664. The van der Waals surface area contributed by atoms with Gasteiger partial charge in [-0.05, 0) is 32.4 Å². The maximum absolute atomic E-state index is 12.2. The fraction of sp³-hybridized carbons (Fsp3) is 0.333. The SMILES string of the molecule is CC(C)(C)OC(=O)n1cc(CC(=O)O)c2ccccc21. The summed E-state index contributed by atoms with van der Waals surface area (Å²) in [5.41, 5.74) is 0.645. The number of para-hydroxylation sites is 1. The molecule has 5 heteroatoms. The second kappa shape index (κ2) is 5.00. The van der Waals surface area contributed by atoms with Crippen LogP contribution in [0.15, 0.2) is 30.5 Å². The highest BCUT2D eigenvalue weighted by atomic mass is 16.6. The van der Waals surface area contributed by atoms with Gasteiger partial charge in [0.05, 0.1) is 11.9 Å². The first-order valence-electron chi connectivity index (χ1n) is 6.32. The molecule has 2 rings (SSSR count). The number of hydrogen-bond acceptors (Lipinski definition) is 3. The standard InChI is InChI=1S/C15H17NO4/c1-15(2,3)20-14(19)16-9-10(8-13(17)18)11-6-4-5-7-12(11)16/h4-7,9H,8H2,1-3H3,(H,17,18). The van der Waals surface area contributed by atoms with E-state index < -0.39 is 17.7 Å². The maximum atomic E-state index is 12.2. The van der Waals surface area contributed by atoms with Crippen LogP contribution in [0.3, 0.4) is 0 Å². The molecule has 2 aromatic rings. The van der Waals surface area contributed by atoms with Crippen molar-refractivity contribution in [1.82, 2.24) is 4.57 Å². The van der Waals surface area contributed by atoms with Crippen LogP contribution < -0.4 is 0 Å². The normalized spacial score (nSPS) is 11.6. The Kier molecular flexibility index (Phi) is 3.53. The molecule has 106 valence electrons. The van der Waals surface area contributed by atoms with Crippen molar-refractivity contribution < 1.29 is 19.4 Å². The summed E-state index contributed by atoms with van der Waals surface area (Å²) in [7, 11) is 0. The van der Waals surface area contributed by atoms with E-state index in [4.69, 9.17) is 9.84 Å². The minimum Gasteiger partial charge on any atom is -0.481 e. The third kappa shape index (κ3) is 2.99. The van der Waals surface area contributed by atoms with Crippen LogP contribution in [0.25, 0.3) is 10.9 Å². The summed E-state index contributed by atoms with van der Waals surface area (Å²) in [6, 6.07) is 7.18. The van der Waals surface area contributed by atoms with Crippen LogP contribution in [0, 0.1) is 0 Å². The molecule has 0 atom stereocenters. The van der Waals surface area contributed by atoms with Gasteiger partial charge in [-0.2, -0.15) is 0 Å². The molecule has 1 N–H and O–H groups in total. The van der Waals surface area contributed by atoms with E-state index in [-0.39, 0.29) is 6.42 Å². The molecular weight excluding hydrogens is 258 g/mol. The molecule has 0 saturated carbocycles. The van der Waals surface area contributed by atoms with E-state index in [1.807, 2.05) is 6.07 Å². The zero-order valence-electron chi connectivity index (χ0n) is 11.7. The number of benzene rings is 1. The number of carbonyl (C=O) groups excluding carboxylic acids is 1. The van der Waals surface area contributed by atoms with Crippen molar-refractivity contribution in [2.24, 2.45) is 0 Å². The number of hydrogen-bond donors (Lipinski definition) is 1. The van der Waals surface area contributed by atoms with Gasteiger partial charge in [-0.3, -0.25) is 9.36 Å². The summed E-state index contributed by atoms with van der Waals surface area (Å²) in [4.78, 5) is 23.1. The fourth-order valence-corrected chi connectivity index (χ4v) is 2.02.